The van der Waals surface area contributed by atoms with E-state index in [1.165, 1.54) is 21.3 Å². The maximum Gasteiger partial charge on any atom is 0.416 e. The number of carbonyl (C=O) groups excluding carboxylic acids is 1. The third-order valence-corrected chi connectivity index (χ3v) is 4.04. The summed E-state index contributed by atoms with van der Waals surface area (Å²) in [6, 6.07) is 7.93. The Morgan fingerprint density at radius 2 is 1.56 bits per heavy atom. The van der Waals surface area contributed by atoms with Crippen molar-refractivity contribution in [3.05, 3.63) is 47.5 Å². The van der Waals surface area contributed by atoms with E-state index in [4.69, 9.17) is 15.2 Å². The van der Waals surface area contributed by atoms with Crippen molar-refractivity contribution in [3.63, 3.8) is 0 Å². The van der Waals surface area contributed by atoms with Gasteiger partial charge >= 0.3 is 12.1 Å². The summed E-state index contributed by atoms with van der Waals surface area (Å²) in [5.74, 6) is -0.438. The number of rotatable bonds is 6. The molecule has 8 heteroatoms. The molecule has 2 aromatic carbocycles. The number of carbonyl (C=O) groups is 1. The van der Waals surface area contributed by atoms with Gasteiger partial charge in [0.05, 0.1) is 32.5 Å². The number of benzene rings is 2. The van der Waals surface area contributed by atoms with Gasteiger partial charge in [-0.3, -0.25) is 4.79 Å². The minimum absolute atomic E-state index is 0.0423. The highest BCUT2D eigenvalue weighted by atomic mass is 19.4. The maximum atomic E-state index is 13.1. The fourth-order valence-electron chi connectivity index (χ4n) is 2.66. The molecule has 0 spiro atoms. The number of halogens is 3. The Bertz CT molecular complexity index is 779. The second-order valence-corrected chi connectivity index (χ2v) is 5.78. The Morgan fingerprint density at radius 1 is 1.04 bits per heavy atom. The first kappa shape index (κ1) is 20.6. The standard InChI is InChI=1S/C19H20F3NO4/c1-25-15-9-13(19(20,21)22)10-16(26-2)17(15)12-6-4-11(5-7-12)8-14(23)18(24)27-3/h4-7,9-10,14H,8,23H2,1-3H3/t14-/m0/s1. The van der Waals surface area contributed by atoms with Crippen LogP contribution in [0.4, 0.5) is 13.2 Å². The van der Waals surface area contributed by atoms with E-state index in [2.05, 4.69) is 4.74 Å². The van der Waals surface area contributed by atoms with Gasteiger partial charge in [0.15, 0.2) is 0 Å². The first-order valence-electron chi connectivity index (χ1n) is 7.97. The second kappa shape index (κ2) is 8.30. The van der Waals surface area contributed by atoms with Crippen LogP contribution in [0.1, 0.15) is 11.1 Å². The molecule has 0 aromatic heterocycles. The van der Waals surface area contributed by atoms with Crippen molar-refractivity contribution in [2.45, 2.75) is 18.6 Å². The first-order chi connectivity index (χ1) is 12.7. The number of alkyl halides is 3. The quantitative estimate of drug-likeness (QED) is 0.774. The minimum atomic E-state index is -4.52. The molecule has 0 saturated carbocycles. The van der Waals surface area contributed by atoms with E-state index >= 15 is 0 Å². The molecule has 0 fully saturated rings. The van der Waals surface area contributed by atoms with Gasteiger partial charge < -0.3 is 19.9 Å². The van der Waals surface area contributed by atoms with Crippen LogP contribution in [0.15, 0.2) is 36.4 Å². The van der Waals surface area contributed by atoms with E-state index < -0.39 is 23.8 Å². The third kappa shape index (κ3) is 4.71. The normalized spacial score (nSPS) is 12.4. The summed E-state index contributed by atoms with van der Waals surface area (Å²) < 4.78 is 54.1. The van der Waals surface area contributed by atoms with Crippen LogP contribution in [-0.4, -0.2) is 33.3 Å². The summed E-state index contributed by atoms with van der Waals surface area (Å²) in [7, 11) is 3.85. The zero-order valence-electron chi connectivity index (χ0n) is 15.1. The molecule has 0 aliphatic heterocycles. The van der Waals surface area contributed by atoms with E-state index in [-0.39, 0.29) is 17.9 Å². The minimum Gasteiger partial charge on any atom is -0.496 e. The SMILES string of the molecule is COC(=O)[C@@H](N)Cc1ccc(-c2c(OC)cc(C(F)(F)F)cc2OC)cc1. The van der Waals surface area contributed by atoms with Gasteiger partial charge in [-0.05, 0) is 29.7 Å². The van der Waals surface area contributed by atoms with Crippen LogP contribution in [0.3, 0.4) is 0 Å². The Labute approximate surface area is 154 Å². The molecule has 0 heterocycles. The third-order valence-electron chi connectivity index (χ3n) is 4.04. The van der Waals surface area contributed by atoms with Gasteiger partial charge in [-0.2, -0.15) is 13.2 Å². The lowest BCUT2D eigenvalue weighted by Crippen LogP contribution is -2.33. The van der Waals surface area contributed by atoms with Crippen molar-refractivity contribution in [2.75, 3.05) is 21.3 Å². The van der Waals surface area contributed by atoms with Crippen molar-refractivity contribution < 1.29 is 32.2 Å². The molecule has 0 aliphatic carbocycles. The van der Waals surface area contributed by atoms with Crippen molar-refractivity contribution in [2.24, 2.45) is 5.73 Å². The molecule has 0 aliphatic rings. The molecular formula is C19H20F3NO4. The average molecular weight is 383 g/mol. The Kier molecular flexibility index (Phi) is 6.32. The number of methoxy groups -OCH3 is 3. The maximum absolute atomic E-state index is 13.1. The molecule has 5 nitrogen and oxygen atoms in total. The van der Waals surface area contributed by atoms with Crippen molar-refractivity contribution >= 4 is 5.97 Å². The number of nitrogens with two attached hydrogens (primary N) is 1. The van der Waals surface area contributed by atoms with Gasteiger partial charge in [0, 0.05) is 0 Å². The number of esters is 1. The summed E-state index contributed by atoms with van der Waals surface area (Å²) in [6.45, 7) is 0. The summed E-state index contributed by atoms with van der Waals surface area (Å²) in [6.07, 6.45) is -4.25. The number of hydrogen-bond donors (Lipinski definition) is 1. The molecule has 0 bridgehead atoms. The van der Waals surface area contributed by atoms with Crippen LogP contribution in [0.5, 0.6) is 11.5 Å². The van der Waals surface area contributed by atoms with E-state index in [0.717, 1.165) is 17.7 Å². The molecular weight excluding hydrogens is 363 g/mol. The van der Waals surface area contributed by atoms with Gasteiger partial charge in [-0.25, -0.2) is 0 Å². The summed E-state index contributed by atoms with van der Waals surface area (Å²) >= 11 is 0. The lowest BCUT2D eigenvalue weighted by molar-refractivity contribution is -0.142. The van der Waals surface area contributed by atoms with Crippen LogP contribution in [-0.2, 0) is 22.1 Å². The fourth-order valence-corrected chi connectivity index (χ4v) is 2.66. The van der Waals surface area contributed by atoms with Gasteiger partial charge in [0.25, 0.3) is 0 Å². The van der Waals surface area contributed by atoms with Gasteiger partial charge in [0.1, 0.15) is 17.5 Å². The first-order valence-corrected chi connectivity index (χ1v) is 7.97. The molecule has 0 unspecified atom stereocenters. The fraction of sp³-hybridized carbons (Fsp3) is 0.316. The van der Waals surface area contributed by atoms with E-state index in [1.807, 2.05) is 0 Å². The predicted octanol–water partition coefficient (Wildman–Crippen LogP) is 3.43. The van der Waals surface area contributed by atoms with Crippen molar-refractivity contribution in [1.29, 1.82) is 0 Å². The van der Waals surface area contributed by atoms with Gasteiger partial charge in [0.2, 0.25) is 0 Å². The number of ether oxygens (including phenoxy) is 3. The lowest BCUT2D eigenvalue weighted by atomic mass is 9.98. The Hall–Kier alpha value is -2.74. The molecule has 2 aromatic rings. The monoisotopic (exact) mass is 383 g/mol. The highest BCUT2D eigenvalue weighted by molar-refractivity contribution is 5.78. The summed E-state index contributed by atoms with van der Waals surface area (Å²) in [5.41, 5.74) is 6.66. The molecule has 2 N–H and O–H groups in total. The highest BCUT2D eigenvalue weighted by Crippen LogP contribution is 2.43. The average Bonchev–Trinajstić information content (AvgIpc) is 2.66. The zero-order chi connectivity index (χ0) is 20.2. The Balaban J connectivity index is 2.41. The predicted molar refractivity (Wildman–Crippen MR) is 93.7 cm³/mol. The topological polar surface area (TPSA) is 70.8 Å². The molecule has 0 amide bonds. The zero-order valence-corrected chi connectivity index (χ0v) is 15.1. The van der Waals surface area contributed by atoms with E-state index in [0.29, 0.717) is 11.1 Å². The molecule has 2 rings (SSSR count). The number of hydrogen-bond acceptors (Lipinski definition) is 5. The molecule has 146 valence electrons. The molecule has 27 heavy (non-hydrogen) atoms. The van der Waals surface area contributed by atoms with Crippen LogP contribution in [0.25, 0.3) is 11.1 Å². The van der Waals surface area contributed by atoms with E-state index in [9.17, 15) is 18.0 Å². The molecule has 1 atom stereocenters. The van der Waals surface area contributed by atoms with Crippen LogP contribution in [0, 0.1) is 0 Å². The highest BCUT2D eigenvalue weighted by Gasteiger charge is 2.33. The van der Waals surface area contributed by atoms with Gasteiger partial charge in [-0.1, -0.05) is 24.3 Å². The largest absolute Gasteiger partial charge is 0.496 e. The smallest absolute Gasteiger partial charge is 0.416 e. The van der Waals surface area contributed by atoms with Crippen molar-refractivity contribution in [3.8, 4) is 22.6 Å². The molecule has 0 radical (unpaired) electrons. The van der Waals surface area contributed by atoms with E-state index in [1.54, 1.807) is 24.3 Å². The van der Waals surface area contributed by atoms with Crippen molar-refractivity contribution in [1.82, 2.24) is 0 Å². The van der Waals surface area contributed by atoms with Crippen LogP contribution < -0.4 is 15.2 Å². The summed E-state index contributed by atoms with van der Waals surface area (Å²) in [4.78, 5) is 11.4. The lowest BCUT2D eigenvalue weighted by Gasteiger charge is -2.17. The van der Waals surface area contributed by atoms with Gasteiger partial charge in [-0.15, -0.1) is 0 Å². The molecule has 0 saturated heterocycles. The summed E-state index contributed by atoms with van der Waals surface area (Å²) in [5, 5.41) is 0. The second-order valence-electron chi connectivity index (χ2n) is 5.78. The Morgan fingerprint density at radius 3 is 1.96 bits per heavy atom. The van der Waals surface area contributed by atoms with Crippen LogP contribution in [0.2, 0.25) is 0 Å². The van der Waals surface area contributed by atoms with Crippen LogP contribution >= 0.6 is 0 Å².